The Morgan fingerprint density at radius 3 is 3.05 bits per heavy atom. The van der Waals surface area contributed by atoms with E-state index in [1.807, 2.05) is 42.0 Å². The Morgan fingerprint density at radius 1 is 1.43 bits per heavy atom. The molecule has 0 radical (unpaired) electrons. The maximum Gasteiger partial charge on any atom is 0.295 e. The van der Waals surface area contributed by atoms with Crippen molar-refractivity contribution in [3.05, 3.63) is 54.6 Å². The summed E-state index contributed by atoms with van der Waals surface area (Å²) in [6, 6.07) is 7.46. The molecule has 2 N–H and O–H groups in total. The van der Waals surface area contributed by atoms with Crippen LogP contribution in [0.4, 0.5) is 5.69 Å². The first-order chi connectivity index (χ1) is 10.3. The highest BCUT2D eigenvalue weighted by atomic mass is 16.2. The van der Waals surface area contributed by atoms with Crippen molar-refractivity contribution in [3.8, 4) is 5.69 Å². The molecule has 7 nitrogen and oxygen atoms in total. The Bertz CT molecular complexity index is 746. The van der Waals surface area contributed by atoms with Crippen LogP contribution < -0.4 is 5.32 Å². The summed E-state index contributed by atoms with van der Waals surface area (Å²) in [5.41, 5.74) is 1.59. The number of hydrogen-bond donors (Lipinski definition) is 2. The molecule has 0 bridgehead atoms. The summed E-state index contributed by atoms with van der Waals surface area (Å²) in [6.07, 6.45) is 5.94. The Balaban J connectivity index is 1.78. The van der Waals surface area contributed by atoms with Gasteiger partial charge < -0.3 is 9.88 Å². The van der Waals surface area contributed by atoms with E-state index in [-0.39, 0.29) is 11.7 Å². The van der Waals surface area contributed by atoms with Crippen molar-refractivity contribution in [1.82, 2.24) is 24.7 Å². The number of anilines is 1. The lowest BCUT2D eigenvalue weighted by Gasteiger charge is -2.06. The van der Waals surface area contributed by atoms with Gasteiger partial charge in [-0.1, -0.05) is 13.0 Å². The molecule has 0 spiro atoms. The molecule has 7 heteroatoms. The molecule has 0 aliphatic carbocycles. The van der Waals surface area contributed by atoms with Crippen LogP contribution in [0.25, 0.3) is 5.69 Å². The van der Waals surface area contributed by atoms with Gasteiger partial charge >= 0.3 is 0 Å². The van der Waals surface area contributed by atoms with E-state index < -0.39 is 0 Å². The number of benzene rings is 1. The molecule has 3 aromatic rings. The average Bonchev–Trinajstić information content (AvgIpc) is 3.19. The van der Waals surface area contributed by atoms with E-state index in [1.54, 1.807) is 12.5 Å². The Kier molecular flexibility index (Phi) is 3.46. The van der Waals surface area contributed by atoms with Crippen LogP contribution in [0.3, 0.4) is 0 Å². The summed E-state index contributed by atoms with van der Waals surface area (Å²) < 4.78 is 1.86. The molecule has 1 amide bonds. The number of aromatic amines is 1. The summed E-state index contributed by atoms with van der Waals surface area (Å²) in [5, 5.41) is 9.39. The molecule has 0 aliphatic heterocycles. The van der Waals surface area contributed by atoms with Gasteiger partial charge in [0.05, 0.1) is 6.33 Å². The number of imidazole rings is 1. The number of hydrogen-bond acceptors (Lipinski definition) is 4. The van der Waals surface area contributed by atoms with Crippen LogP contribution in [0.5, 0.6) is 0 Å². The lowest BCUT2D eigenvalue weighted by atomic mass is 10.2. The molecule has 21 heavy (non-hydrogen) atoms. The van der Waals surface area contributed by atoms with E-state index in [1.165, 1.54) is 0 Å². The van der Waals surface area contributed by atoms with Crippen molar-refractivity contribution >= 4 is 11.6 Å². The summed E-state index contributed by atoms with van der Waals surface area (Å²) >= 11 is 0. The highest BCUT2D eigenvalue weighted by molar-refractivity contribution is 6.01. The van der Waals surface area contributed by atoms with Gasteiger partial charge in [0, 0.05) is 30.2 Å². The summed E-state index contributed by atoms with van der Waals surface area (Å²) in [5.74, 6) is 0.487. The molecule has 0 saturated carbocycles. The second-order valence-corrected chi connectivity index (χ2v) is 4.43. The molecule has 2 heterocycles. The fraction of sp³-hybridized carbons (Fsp3) is 0.143. The summed E-state index contributed by atoms with van der Waals surface area (Å²) in [7, 11) is 0. The predicted molar refractivity (Wildman–Crippen MR) is 77.3 cm³/mol. The van der Waals surface area contributed by atoms with E-state index in [0.717, 1.165) is 5.69 Å². The van der Waals surface area contributed by atoms with Gasteiger partial charge in [-0.05, 0) is 18.2 Å². The van der Waals surface area contributed by atoms with E-state index in [9.17, 15) is 4.79 Å². The standard InChI is InChI=1S/C14H14N6O/c1-2-12-17-13(19-18-12)14(21)16-10-4-3-5-11(8-10)20-7-6-15-9-20/h3-9H,2H2,1H3,(H,16,21)(H,17,18,19). The number of nitrogens with one attached hydrogen (secondary N) is 2. The number of amides is 1. The van der Waals surface area contributed by atoms with Crippen molar-refractivity contribution in [1.29, 1.82) is 0 Å². The van der Waals surface area contributed by atoms with Gasteiger partial charge in [-0.15, -0.1) is 5.10 Å². The van der Waals surface area contributed by atoms with Crippen molar-refractivity contribution in [3.63, 3.8) is 0 Å². The Labute approximate surface area is 121 Å². The fourth-order valence-corrected chi connectivity index (χ4v) is 1.90. The number of H-pyrrole nitrogens is 1. The van der Waals surface area contributed by atoms with E-state index >= 15 is 0 Å². The van der Waals surface area contributed by atoms with Gasteiger partial charge in [-0.25, -0.2) is 9.97 Å². The summed E-state index contributed by atoms with van der Waals surface area (Å²) in [6.45, 7) is 1.94. The van der Waals surface area contributed by atoms with Crippen LogP contribution in [0, 0.1) is 0 Å². The van der Waals surface area contributed by atoms with E-state index in [2.05, 4.69) is 25.5 Å². The third kappa shape index (κ3) is 2.81. The molecule has 1 aromatic carbocycles. The maximum atomic E-state index is 12.1. The van der Waals surface area contributed by atoms with Crippen LogP contribution in [-0.2, 0) is 6.42 Å². The molecule has 0 unspecified atom stereocenters. The molecular formula is C14H14N6O. The molecular weight excluding hydrogens is 268 g/mol. The zero-order chi connectivity index (χ0) is 14.7. The highest BCUT2D eigenvalue weighted by Crippen LogP contribution is 2.15. The SMILES string of the molecule is CCc1nc(C(=O)Nc2cccc(-n3ccnc3)c2)n[nH]1. The second kappa shape index (κ2) is 5.58. The zero-order valence-corrected chi connectivity index (χ0v) is 11.4. The number of aromatic nitrogens is 5. The van der Waals surface area contributed by atoms with Gasteiger partial charge in [0.25, 0.3) is 5.91 Å². The van der Waals surface area contributed by atoms with E-state index in [4.69, 9.17) is 0 Å². The molecule has 2 aromatic heterocycles. The molecule has 106 valence electrons. The van der Waals surface area contributed by atoms with E-state index in [0.29, 0.717) is 17.9 Å². The van der Waals surface area contributed by atoms with Crippen molar-refractivity contribution in [2.75, 3.05) is 5.32 Å². The van der Waals surface area contributed by atoms with Crippen LogP contribution in [0.1, 0.15) is 23.4 Å². The van der Waals surface area contributed by atoms with Crippen molar-refractivity contribution in [2.24, 2.45) is 0 Å². The van der Waals surface area contributed by atoms with Gasteiger partial charge in [0.2, 0.25) is 5.82 Å². The van der Waals surface area contributed by atoms with Crippen LogP contribution >= 0.6 is 0 Å². The lowest BCUT2D eigenvalue weighted by Crippen LogP contribution is -2.14. The number of carbonyl (C=O) groups is 1. The lowest BCUT2D eigenvalue weighted by molar-refractivity contribution is 0.101. The fourth-order valence-electron chi connectivity index (χ4n) is 1.90. The minimum Gasteiger partial charge on any atom is -0.319 e. The summed E-state index contributed by atoms with van der Waals surface area (Å²) in [4.78, 5) is 20.2. The maximum absolute atomic E-state index is 12.1. The number of nitrogens with zero attached hydrogens (tertiary/aromatic N) is 4. The molecule has 3 rings (SSSR count). The first kappa shape index (κ1) is 13.0. The topological polar surface area (TPSA) is 88.5 Å². The molecule has 0 aliphatic rings. The van der Waals surface area contributed by atoms with Crippen LogP contribution in [-0.4, -0.2) is 30.6 Å². The minimum atomic E-state index is -0.339. The Hall–Kier alpha value is -2.96. The number of rotatable bonds is 4. The minimum absolute atomic E-state index is 0.139. The van der Waals surface area contributed by atoms with Gasteiger partial charge in [-0.3, -0.25) is 9.89 Å². The first-order valence-electron chi connectivity index (χ1n) is 6.57. The normalized spacial score (nSPS) is 10.5. The largest absolute Gasteiger partial charge is 0.319 e. The predicted octanol–water partition coefficient (Wildman–Crippen LogP) is 1.81. The first-order valence-corrected chi connectivity index (χ1v) is 6.57. The Morgan fingerprint density at radius 2 is 2.33 bits per heavy atom. The van der Waals surface area contributed by atoms with Gasteiger partial charge in [0.15, 0.2) is 0 Å². The zero-order valence-electron chi connectivity index (χ0n) is 11.4. The third-order valence-corrected chi connectivity index (χ3v) is 2.98. The molecule has 0 atom stereocenters. The molecule has 0 fully saturated rings. The monoisotopic (exact) mass is 282 g/mol. The average molecular weight is 282 g/mol. The van der Waals surface area contributed by atoms with Gasteiger partial charge in [0.1, 0.15) is 5.82 Å². The number of aryl methyl sites for hydroxylation is 1. The smallest absolute Gasteiger partial charge is 0.295 e. The highest BCUT2D eigenvalue weighted by Gasteiger charge is 2.12. The quantitative estimate of drug-likeness (QED) is 0.763. The van der Waals surface area contributed by atoms with Crippen LogP contribution in [0.2, 0.25) is 0 Å². The number of carbonyl (C=O) groups excluding carboxylic acids is 1. The van der Waals surface area contributed by atoms with Gasteiger partial charge in [-0.2, -0.15) is 0 Å². The van der Waals surface area contributed by atoms with Crippen molar-refractivity contribution < 1.29 is 4.79 Å². The second-order valence-electron chi connectivity index (χ2n) is 4.43. The van der Waals surface area contributed by atoms with Crippen LogP contribution in [0.15, 0.2) is 43.0 Å². The third-order valence-electron chi connectivity index (χ3n) is 2.98. The van der Waals surface area contributed by atoms with Crippen molar-refractivity contribution in [2.45, 2.75) is 13.3 Å². The molecule has 0 saturated heterocycles.